The number of rotatable bonds is 0. The van der Waals surface area contributed by atoms with Crippen LogP contribution in [0.2, 0.25) is 0 Å². The minimum Gasteiger partial charge on any atom is -0.356 e. The van der Waals surface area contributed by atoms with Gasteiger partial charge in [0, 0.05) is 18.3 Å². The number of hydrogen-bond acceptors (Lipinski definition) is 2. The first-order valence-electron chi connectivity index (χ1n) is 6.91. The zero-order chi connectivity index (χ0) is 12.0. The maximum absolute atomic E-state index is 4.81. The van der Waals surface area contributed by atoms with Crippen molar-refractivity contribution < 1.29 is 0 Å². The van der Waals surface area contributed by atoms with Gasteiger partial charge in [0.25, 0.3) is 0 Å². The van der Waals surface area contributed by atoms with E-state index < -0.39 is 0 Å². The molecular formula is C14H23N3. The van der Waals surface area contributed by atoms with E-state index in [-0.39, 0.29) is 0 Å². The van der Waals surface area contributed by atoms with Gasteiger partial charge in [-0.3, -0.25) is 0 Å². The third-order valence-electron chi connectivity index (χ3n) is 4.18. The van der Waals surface area contributed by atoms with Crippen molar-refractivity contribution in [3.8, 4) is 0 Å². The Morgan fingerprint density at radius 3 is 2.76 bits per heavy atom. The summed E-state index contributed by atoms with van der Waals surface area (Å²) in [5.41, 5.74) is 3.19. The van der Waals surface area contributed by atoms with Crippen molar-refractivity contribution in [1.82, 2.24) is 9.55 Å². The van der Waals surface area contributed by atoms with Crippen LogP contribution in [0.5, 0.6) is 0 Å². The Hall–Kier alpha value is -0.990. The normalized spacial score (nSPS) is 23.8. The predicted octanol–water partition coefficient (Wildman–Crippen LogP) is 3.16. The number of aromatic nitrogens is 2. The number of nitrogens with one attached hydrogen (secondary N) is 1. The minimum atomic E-state index is 0.322. The number of anilines is 1. The maximum Gasteiger partial charge on any atom is 0.203 e. The van der Waals surface area contributed by atoms with Crippen molar-refractivity contribution in [3.63, 3.8) is 0 Å². The van der Waals surface area contributed by atoms with E-state index in [4.69, 9.17) is 4.98 Å². The fraction of sp³-hybridized carbons (Fsp3) is 0.786. The van der Waals surface area contributed by atoms with Crippen molar-refractivity contribution in [1.29, 1.82) is 0 Å². The van der Waals surface area contributed by atoms with Crippen molar-refractivity contribution in [3.05, 3.63) is 11.4 Å². The van der Waals surface area contributed by atoms with Gasteiger partial charge in [0.05, 0.1) is 5.69 Å². The maximum atomic E-state index is 4.81. The molecule has 0 saturated heterocycles. The molecule has 1 aromatic rings. The Kier molecular flexibility index (Phi) is 2.46. The molecule has 0 aromatic carbocycles. The summed E-state index contributed by atoms with van der Waals surface area (Å²) in [6.07, 6.45) is 6.25. The van der Waals surface area contributed by atoms with Gasteiger partial charge < -0.3 is 9.88 Å². The molecule has 17 heavy (non-hydrogen) atoms. The Balaban J connectivity index is 2.09. The van der Waals surface area contributed by atoms with Gasteiger partial charge in [0.2, 0.25) is 5.95 Å². The zero-order valence-electron chi connectivity index (χ0n) is 11.2. The third-order valence-corrected chi connectivity index (χ3v) is 4.18. The van der Waals surface area contributed by atoms with Gasteiger partial charge in [-0.05, 0) is 37.5 Å². The van der Waals surface area contributed by atoms with Crippen LogP contribution in [0.1, 0.15) is 57.5 Å². The lowest BCUT2D eigenvalue weighted by molar-refractivity contribution is 0.222. The fourth-order valence-electron chi connectivity index (χ4n) is 3.29. The van der Waals surface area contributed by atoms with Gasteiger partial charge in [-0.15, -0.1) is 0 Å². The standard InChI is InChI=1S/C14H23N3/c1-14(2,3)12-8-9-15-13-16-10-6-4-5-7-11(10)17(12)13/h12H,4-9H2,1-3H3,(H,15,16). The lowest BCUT2D eigenvalue weighted by Gasteiger charge is -2.37. The number of nitrogens with zero attached hydrogens (tertiary/aromatic N) is 2. The Morgan fingerprint density at radius 1 is 1.24 bits per heavy atom. The second-order valence-electron chi connectivity index (χ2n) is 6.50. The highest BCUT2D eigenvalue weighted by Crippen LogP contribution is 2.40. The minimum absolute atomic E-state index is 0.322. The van der Waals surface area contributed by atoms with Crippen LogP contribution in [-0.2, 0) is 12.8 Å². The first kappa shape index (κ1) is 11.1. The number of imidazole rings is 1. The SMILES string of the molecule is CC(C)(C)C1CCNc2nc3c(n21)CCCC3. The van der Waals surface area contributed by atoms with E-state index >= 15 is 0 Å². The van der Waals surface area contributed by atoms with Crippen molar-refractivity contribution >= 4 is 5.95 Å². The molecule has 3 nitrogen and oxygen atoms in total. The predicted molar refractivity (Wildman–Crippen MR) is 70.5 cm³/mol. The van der Waals surface area contributed by atoms with Crippen LogP contribution in [0, 0.1) is 5.41 Å². The first-order chi connectivity index (χ1) is 8.07. The molecule has 0 spiro atoms. The molecule has 1 unspecified atom stereocenters. The van der Waals surface area contributed by atoms with Crippen LogP contribution in [0.25, 0.3) is 0 Å². The smallest absolute Gasteiger partial charge is 0.203 e. The van der Waals surface area contributed by atoms with Crippen LogP contribution < -0.4 is 5.32 Å². The van der Waals surface area contributed by atoms with Crippen molar-refractivity contribution in [2.45, 2.75) is 58.9 Å². The monoisotopic (exact) mass is 233 g/mol. The molecule has 2 heterocycles. The molecule has 0 radical (unpaired) electrons. The van der Waals surface area contributed by atoms with Crippen LogP contribution in [0.4, 0.5) is 5.95 Å². The Labute approximate surface area is 104 Å². The van der Waals surface area contributed by atoms with Crippen molar-refractivity contribution in [2.24, 2.45) is 5.41 Å². The average molecular weight is 233 g/mol. The van der Waals surface area contributed by atoms with Gasteiger partial charge in [-0.2, -0.15) is 0 Å². The highest BCUT2D eigenvalue weighted by Gasteiger charge is 2.34. The highest BCUT2D eigenvalue weighted by molar-refractivity contribution is 5.38. The quantitative estimate of drug-likeness (QED) is 0.746. The molecule has 1 aliphatic heterocycles. The second-order valence-corrected chi connectivity index (χ2v) is 6.50. The first-order valence-corrected chi connectivity index (χ1v) is 6.91. The Morgan fingerprint density at radius 2 is 2.00 bits per heavy atom. The molecular weight excluding hydrogens is 210 g/mol. The largest absolute Gasteiger partial charge is 0.356 e. The molecule has 1 aromatic heterocycles. The van der Waals surface area contributed by atoms with Crippen molar-refractivity contribution in [2.75, 3.05) is 11.9 Å². The van der Waals surface area contributed by atoms with E-state index in [2.05, 4.69) is 30.7 Å². The highest BCUT2D eigenvalue weighted by atomic mass is 15.3. The molecule has 94 valence electrons. The number of fused-ring (bicyclic) bond motifs is 3. The van der Waals surface area contributed by atoms with E-state index in [9.17, 15) is 0 Å². The molecule has 0 fully saturated rings. The van der Waals surface area contributed by atoms with Crippen LogP contribution in [0.15, 0.2) is 0 Å². The van der Waals surface area contributed by atoms with Gasteiger partial charge in [-0.25, -0.2) is 4.98 Å². The summed E-state index contributed by atoms with van der Waals surface area (Å²) < 4.78 is 2.51. The lowest BCUT2D eigenvalue weighted by Crippen LogP contribution is -2.33. The summed E-state index contributed by atoms with van der Waals surface area (Å²) in [4.78, 5) is 4.81. The molecule has 2 aliphatic rings. The molecule has 0 saturated carbocycles. The third kappa shape index (κ3) is 1.76. The molecule has 3 heteroatoms. The average Bonchev–Trinajstić information content (AvgIpc) is 2.65. The van der Waals surface area contributed by atoms with Gasteiger partial charge in [0.15, 0.2) is 0 Å². The van der Waals surface area contributed by atoms with Gasteiger partial charge >= 0.3 is 0 Å². The van der Waals surface area contributed by atoms with Crippen LogP contribution >= 0.6 is 0 Å². The molecule has 3 rings (SSSR count). The molecule has 1 N–H and O–H groups in total. The van der Waals surface area contributed by atoms with Gasteiger partial charge in [0.1, 0.15) is 0 Å². The zero-order valence-corrected chi connectivity index (χ0v) is 11.2. The Bertz CT molecular complexity index is 425. The van der Waals surface area contributed by atoms with Gasteiger partial charge in [-0.1, -0.05) is 20.8 Å². The van der Waals surface area contributed by atoms with E-state index in [0.29, 0.717) is 11.5 Å². The lowest BCUT2D eigenvalue weighted by atomic mass is 9.83. The second kappa shape index (κ2) is 3.76. The topological polar surface area (TPSA) is 29.9 Å². The van der Waals surface area contributed by atoms with E-state index in [1.807, 2.05) is 0 Å². The van der Waals surface area contributed by atoms with E-state index in [1.54, 1.807) is 0 Å². The summed E-state index contributed by atoms with van der Waals surface area (Å²) in [6, 6.07) is 0.605. The summed E-state index contributed by atoms with van der Waals surface area (Å²) in [5, 5.41) is 3.47. The fourth-order valence-corrected chi connectivity index (χ4v) is 3.29. The number of aryl methyl sites for hydroxylation is 1. The summed E-state index contributed by atoms with van der Waals surface area (Å²) in [6.45, 7) is 8.11. The molecule has 1 aliphatic carbocycles. The molecule has 0 amide bonds. The number of hydrogen-bond donors (Lipinski definition) is 1. The summed E-state index contributed by atoms with van der Waals surface area (Å²) >= 11 is 0. The molecule has 1 atom stereocenters. The summed E-state index contributed by atoms with van der Waals surface area (Å²) in [5.74, 6) is 1.13. The van der Waals surface area contributed by atoms with Crippen LogP contribution in [-0.4, -0.2) is 16.1 Å². The van der Waals surface area contributed by atoms with E-state index in [1.165, 1.54) is 43.5 Å². The van der Waals surface area contributed by atoms with E-state index in [0.717, 1.165) is 12.5 Å². The van der Waals surface area contributed by atoms with Crippen LogP contribution in [0.3, 0.4) is 0 Å². The summed E-state index contributed by atoms with van der Waals surface area (Å²) in [7, 11) is 0. The molecule has 0 bridgehead atoms.